The molecule has 1 N–H and O–H groups in total. The highest BCUT2D eigenvalue weighted by molar-refractivity contribution is 5.50. The highest BCUT2D eigenvalue weighted by atomic mass is 16.5. The second-order valence-corrected chi connectivity index (χ2v) is 5.73. The molecule has 0 amide bonds. The second kappa shape index (κ2) is 6.15. The molecule has 2 rings (SSSR count). The van der Waals surface area contributed by atoms with Crippen LogP contribution >= 0.6 is 0 Å². The zero-order chi connectivity index (χ0) is 14.6. The van der Waals surface area contributed by atoms with Gasteiger partial charge in [-0.1, -0.05) is 19.1 Å². The SMILES string of the molecule is CCCNC(C#N)COc1cccc2c1OC(C)(C)C2. The van der Waals surface area contributed by atoms with Crippen molar-refractivity contribution in [2.75, 3.05) is 13.2 Å². The zero-order valence-electron chi connectivity index (χ0n) is 12.4. The molecule has 1 heterocycles. The van der Waals surface area contributed by atoms with Crippen LogP contribution < -0.4 is 14.8 Å². The average Bonchev–Trinajstić information content (AvgIpc) is 2.73. The summed E-state index contributed by atoms with van der Waals surface area (Å²) in [4.78, 5) is 0. The maximum Gasteiger partial charge on any atom is 0.165 e. The van der Waals surface area contributed by atoms with Crippen LogP contribution in [0.2, 0.25) is 0 Å². The Balaban J connectivity index is 2.02. The number of para-hydroxylation sites is 1. The van der Waals surface area contributed by atoms with E-state index in [1.165, 1.54) is 5.56 Å². The van der Waals surface area contributed by atoms with Crippen LogP contribution in [0.1, 0.15) is 32.8 Å². The van der Waals surface area contributed by atoms with Crippen molar-refractivity contribution < 1.29 is 9.47 Å². The Morgan fingerprint density at radius 1 is 1.50 bits per heavy atom. The fraction of sp³-hybridized carbons (Fsp3) is 0.562. The van der Waals surface area contributed by atoms with Crippen molar-refractivity contribution in [1.82, 2.24) is 5.32 Å². The summed E-state index contributed by atoms with van der Waals surface area (Å²) in [5.41, 5.74) is 0.985. The van der Waals surface area contributed by atoms with Gasteiger partial charge in [-0.25, -0.2) is 0 Å². The van der Waals surface area contributed by atoms with Gasteiger partial charge in [0.25, 0.3) is 0 Å². The van der Waals surface area contributed by atoms with E-state index in [-0.39, 0.29) is 11.6 Å². The fourth-order valence-electron chi connectivity index (χ4n) is 2.33. The molecule has 1 aromatic carbocycles. The van der Waals surface area contributed by atoms with Crippen molar-refractivity contribution in [2.24, 2.45) is 0 Å². The summed E-state index contributed by atoms with van der Waals surface area (Å²) in [5.74, 6) is 1.55. The second-order valence-electron chi connectivity index (χ2n) is 5.73. The zero-order valence-corrected chi connectivity index (χ0v) is 12.4. The largest absolute Gasteiger partial charge is 0.487 e. The lowest BCUT2D eigenvalue weighted by molar-refractivity contribution is 0.131. The quantitative estimate of drug-likeness (QED) is 0.866. The third-order valence-electron chi connectivity index (χ3n) is 3.26. The number of hydrogen-bond acceptors (Lipinski definition) is 4. The molecule has 1 aromatic rings. The lowest BCUT2D eigenvalue weighted by atomic mass is 10.0. The summed E-state index contributed by atoms with van der Waals surface area (Å²) >= 11 is 0. The van der Waals surface area contributed by atoms with Crippen LogP contribution in [0.15, 0.2) is 18.2 Å². The minimum atomic E-state index is -0.291. The van der Waals surface area contributed by atoms with Gasteiger partial charge in [0.1, 0.15) is 18.2 Å². The molecule has 0 aliphatic carbocycles. The van der Waals surface area contributed by atoms with Crippen LogP contribution in [0.5, 0.6) is 11.5 Å². The molecular formula is C16H22N2O2. The highest BCUT2D eigenvalue weighted by Gasteiger charge is 2.32. The van der Waals surface area contributed by atoms with Gasteiger partial charge in [0, 0.05) is 12.0 Å². The lowest BCUT2D eigenvalue weighted by Crippen LogP contribution is -2.33. The van der Waals surface area contributed by atoms with Gasteiger partial charge in [0.05, 0.1) is 6.07 Å². The van der Waals surface area contributed by atoms with Crippen molar-refractivity contribution in [1.29, 1.82) is 5.26 Å². The van der Waals surface area contributed by atoms with Crippen molar-refractivity contribution in [3.63, 3.8) is 0 Å². The summed E-state index contributed by atoms with van der Waals surface area (Å²) in [6.45, 7) is 7.35. The highest BCUT2D eigenvalue weighted by Crippen LogP contribution is 2.41. The van der Waals surface area contributed by atoms with Gasteiger partial charge in [-0.15, -0.1) is 0 Å². The third kappa shape index (κ3) is 3.43. The van der Waals surface area contributed by atoms with Crippen LogP contribution in [-0.2, 0) is 6.42 Å². The molecule has 1 atom stereocenters. The molecule has 1 aliphatic rings. The Hall–Kier alpha value is -1.73. The number of nitriles is 1. The Bertz CT molecular complexity index is 506. The first kappa shape index (κ1) is 14.7. The van der Waals surface area contributed by atoms with Crippen LogP contribution in [0.4, 0.5) is 0 Å². The van der Waals surface area contributed by atoms with E-state index in [4.69, 9.17) is 14.7 Å². The first-order valence-corrected chi connectivity index (χ1v) is 7.12. The molecule has 4 heteroatoms. The van der Waals surface area contributed by atoms with Crippen LogP contribution in [-0.4, -0.2) is 24.8 Å². The van der Waals surface area contributed by atoms with E-state index in [0.717, 1.165) is 30.9 Å². The molecule has 0 fully saturated rings. The van der Waals surface area contributed by atoms with Gasteiger partial charge >= 0.3 is 0 Å². The van der Waals surface area contributed by atoms with Crippen molar-refractivity contribution in [3.05, 3.63) is 23.8 Å². The standard InChI is InChI=1S/C16H22N2O2/c1-4-8-18-13(10-17)11-19-14-7-5-6-12-9-16(2,3)20-15(12)14/h5-7,13,18H,4,8-9,11H2,1-3H3. The van der Waals surface area contributed by atoms with Crippen LogP contribution in [0, 0.1) is 11.3 Å². The number of fused-ring (bicyclic) bond motifs is 1. The van der Waals surface area contributed by atoms with E-state index in [2.05, 4.69) is 38.2 Å². The molecule has 1 unspecified atom stereocenters. The molecule has 20 heavy (non-hydrogen) atoms. The van der Waals surface area contributed by atoms with Gasteiger partial charge in [-0.3, -0.25) is 5.32 Å². The topological polar surface area (TPSA) is 54.3 Å². The van der Waals surface area contributed by atoms with E-state index in [9.17, 15) is 0 Å². The number of nitrogens with one attached hydrogen (secondary N) is 1. The molecule has 0 radical (unpaired) electrons. The number of hydrogen-bond donors (Lipinski definition) is 1. The van der Waals surface area contributed by atoms with E-state index in [0.29, 0.717) is 6.61 Å². The predicted molar refractivity (Wildman–Crippen MR) is 78.0 cm³/mol. The van der Waals surface area contributed by atoms with Crippen molar-refractivity contribution in [3.8, 4) is 17.6 Å². The minimum absolute atomic E-state index is 0.184. The molecule has 0 aromatic heterocycles. The van der Waals surface area contributed by atoms with E-state index >= 15 is 0 Å². The summed E-state index contributed by atoms with van der Waals surface area (Å²) in [6.07, 6.45) is 1.88. The summed E-state index contributed by atoms with van der Waals surface area (Å²) in [6, 6.07) is 7.86. The Labute approximate surface area is 120 Å². The predicted octanol–water partition coefficient (Wildman–Crippen LogP) is 2.67. The van der Waals surface area contributed by atoms with Gasteiger partial charge in [0.2, 0.25) is 0 Å². The number of benzene rings is 1. The summed E-state index contributed by atoms with van der Waals surface area (Å²) in [5, 5.41) is 12.2. The maximum atomic E-state index is 9.08. The monoisotopic (exact) mass is 274 g/mol. The molecule has 0 saturated heterocycles. The molecule has 0 bridgehead atoms. The van der Waals surface area contributed by atoms with Gasteiger partial charge in [0.15, 0.2) is 11.5 Å². The van der Waals surface area contributed by atoms with Gasteiger partial charge in [-0.2, -0.15) is 5.26 Å². The lowest BCUT2D eigenvalue weighted by Gasteiger charge is -2.19. The molecule has 0 saturated carbocycles. The minimum Gasteiger partial charge on any atom is -0.487 e. The van der Waals surface area contributed by atoms with E-state index in [1.807, 2.05) is 12.1 Å². The summed E-state index contributed by atoms with van der Waals surface area (Å²) < 4.78 is 11.7. The molecule has 4 nitrogen and oxygen atoms in total. The molecule has 108 valence electrons. The Morgan fingerprint density at radius 3 is 3.00 bits per heavy atom. The smallest absolute Gasteiger partial charge is 0.165 e. The number of rotatable bonds is 6. The first-order chi connectivity index (χ1) is 9.55. The number of ether oxygens (including phenoxy) is 2. The fourth-order valence-corrected chi connectivity index (χ4v) is 2.33. The van der Waals surface area contributed by atoms with E-state index in [1.54, 1.807) is 0 Å². The Morgan fingerprint density at radius 2 is 2.30 bits per heavy atom. The Kier molecular flexibility index (Phi) is 4.51. The van der Waals surface area contributed by atoms with E-state index < -0.39 is 0 Å². The van der Waals surface area contributed by atoms with Crippen molar-refractivity contribution in [2.45, 2.75) is 45.3 Å². The molecule has 0 spiro atoms. The van der Waals surface area contributed by atoms with Gasteiger partial charge < -0.3 is 9.47 Å². The van der Waals surface area contributed by atoms with Crippen LogP contribution in [0.3, 0.4) is 0 Å². The van der Waals surface area contributed by atoms with Crippen molar-refractivity contribution >= 4 is 0 Å². The molecule has 1 aliphatic heterocycles. The normalized spacial score (nSPS) is 16.9. The maximum absolute atomic E-state index is 9.08. The first-order valence-electron chi connectivity index (χ1n) is 7.12. The third-order valence-corrected chi connectivity index (χ3v) is 3.26. The average molecular weight is 274 g/mol. The van der Waals surface area contributed by atoms with Gasteiger partial charge in [-0.05, 0) is 32.9 Å². The van der Waals surface area contributed by atoms with Crippen LogP contribution in [0.25, 0.3) is 0 Å². The molecular weight excluding hydrogens is 252 g/mol. The number of nitrogens with zero attached hydrogens (tertiary/aromatic N) is 1. The summed E-state index contributed by atoms with van der Waals surface area (Å²) in [7, 11) is 0.